The number of ether oxygens (including phenoxy) is 1. The molecule has 2 N–H and O–H groups in total. The van der Waals surface area contributed by atoms with Gasteiger partial charge in [-0.1, -0.05) is 0 Å². The second kappa shape index (κ2) is 9.85. The number of carbonyl (C=O) groups is 1. The number of nitrogens with one attached hydrogen (secondary N) is 2. The van der Waals surface area contributed by atoms with Crippen molar-refractivity contribution in [3.05, 3.63) is 90.5 Å². The molecule has 0 radical (unpaired) electrons. The van der Waals surface area contributed by atoms with E-state index in [4.69, 9.17) is 4.74 Å². The summed E-state index contributed by atoms with van der Waals surface area (Å²) in [5.41, 5.74) is 1.97. The number of nitrogens with zero attached hydrogens (tertiary/aromatic N) is 4. The molecule has 2 aromatic carbocycles. The van der Waals surface area contributed by atoms with Crippen LogP contribution in [0.3, 0.4) is 0 Å². The minimum absolute atomic E-state index is 0.211. The number of aryl methyl sites for hydroxylation is 1. The van der Waals surface area contributed by atoms with E-state index in [0.717, 1.165) is 17.6 Å². The third-order valence-electron chi connectivity index (χ3n) is 5.81. The summed E-state index contributed by atoms with van der Waals surface area (Å²) < 4.78 is 48.6. The number of aromatic nitrogens is 4. The van der Waals surface area contributed by atoms with E-state index in [1.807, 2.05) is 0 Å². The van der Waals surface area contributed by atoms with Gasteiger partial charge in [0.2, 0.25) is 5.95 Å². The maximum absolute atomic E-state index is 13.7. The first-order chi connectivity index (χ1) is 18.2. The Bertz CT molecular complexity index is 1630. The summed E-state index contributed by atoms with van der Waals surface area (Å²) in [7, 11) is 3.27. The average molecular weight is 518 g/mol. The molecule has 5 rings (SSSR count). The van der Waals surface area contributed by atoms with Gasteiger partial charge in [-0.2, -0.15) is 13.2 Å². The zero-order valence-corrected chi connectivity index (χ0v) is 20.2. The van der Waals surface area contributed by atoms with Crippen LogP contribution in [0.15, 0.2) is 79.3 Å². The Morgan fingerprint density at radius 2 is 1.68 bits per heavy atom. The number of benzene rings is 2. The Morgan fingerprint density at radius 3 is 2.42 bits per heavy atom. The number of hydrogen-bond donors (Lipinski definition) is 2. The fourth-order valence-corrected chi connectivity index (χ4v) is 3.92. The molecule has 0 aliphatic heterocycles. The van der Waals surface area contributed by atoms with Crippen LogP contribution < -0.4 is 15.4 Å². The highest BCUT2D eigenvalue weighted by molar-refractivity contribution is 5.92. The van der Waals surface area contributed by atoms with Crippen molar-refractivity contribution in [2.24, 2.45) is 7.05 Å². The van der Waals surface area contributed by atoms with Crippen LogP contribution in [0.4, 0.5) is 24.8 Å². The van der Waals surface area contributed by atoms with Crippen molar-refractivity contribution < 1.29 is 22.7 Å². The van der Waals surface area contributed by atoms with Crippen LogP contribution >= 0.6 is 0 Å². The number of pyridine rings is 2. The lowest BCUT2D eigenvalue weighted by molar-refractivity contribution is -0.137. The summed E-state index contributed by atoms with van der Waals surface area (Å²) in [6.45, 7) is 0. The SMILES string of the molecule is CNC(=O)c1cc(Oc2ccc3c(c2)nc(Nc2cc(-c4ccncc4)cc(C(F)(F)F)c2)n3C)ccn1. The lowest BCUT2D eigenvalue weighted by Gasteiger charge is -2.14. The molecular weight excluding hydrogens is 497 g/mol. The van der Waals surface area contributed by atoms with Crippen molar-refractivity contribution in [3.63, 3.8) is 0 Å². The van der Waals surface area contributed by atoms with Crippen molar-refractivity contribution in [1.82, 2.24) is 24.8 Å². The van der Waals surface area contributed by atoms with E-state index in [1.54, 1.807) is 54.1 Å². The summed E-state index contributed by atoms with van der Waals surface area (Å²) in [6.07, 6.45) is -0.00249. The Hall–Kier alpha value is -4.93. The van der Waals surface area contributed by atoms with E-state index in [0.29, 0.717) is 34.1 Å². The number of carbonyl (C=O) groups excluding carboxylic acids is 1. The number of halogens is 3. The van der Waals surface area contributed by atoms with Crippen LogP contribution in [0.2, 0.25) is 0 Å². The molecule has 0 bridgehead atoms. The van der Waals surface area contributed by atoms with Crippen molar-refractivity contribution in [1.29, 1.82) is 0 Å². The van der Waals surface area contributed by atoms with Crippen molar-refractivity contribution in [3.8, 4) is 22.6 Å². The number of alkyl halides is 3. The van der Waals surface area contributed by atoms with Crippen LogP contribution in [0.5, 0.6) is 11.5 Å². The Morgan fingerprint density at radius 1 is 0.921 bits per heavy atom. The van der Waals surface area contributed by atoms with Crippen LogP contribution in [-0.4, -0.2) is 32.5 Å². The van der Waals surface area contributed by atoms with Gasteiger partial charge < -0.3 is 19.9 Å². The predicted octanol–water partition coefficient (Wildman–Crippen LogP) is 5.94. The molecule has 0 unspecified atom stereocenters. The molecule has 0 saturated carbocycles. The minimum Gasteiger partial charge on any atom is -0.457 e. The van der Waals surface area contributed by atoms with Crippen molar-refractivity contribution in [2.75, 3.05) is 12.4 Å². The molecule has 0 atom stereocenters. The maximum Gasteiger partial charge on any atom is 0.416 e. The molecule has 3 aromatic heterocycles. The molecule has 3 heterocycles. The molecule has 38 heavy (non-hydrogen) atoms. The molecule has 0 spiro atoms. The Labute approximate surface area is 215 Å². The maximum atomic E-state index is 13.7. The third kappa shape index (κ3) is 5.12. The van der Waals surface area contributed by atoms with Crippen LogP contribution in [0, 0.1) is 0 Å². The molecular formula is C27H21F3N6O2. The topological polar surface area (TPSA) is 94.0 Å². The number of rotatable bonds is 6. The van der Waals surface area contributed by atoms with Crippen molar-refractivity contribution in [2.45, 2.75) is 6.18 Å². The van der Waals surface area contributed by atoms with E-state index < -0.39 is 11.7 Å². The molecule has 8 nitrogen and oxygen atoms in total. The van der Waals surface area contributed by atoms with Crippen molar-refractivity contribution >= 4 is 28.6 Å². The van der Waals surface area contributed by atoms with E-state index in [2.05, 4.69) is 25.6 Å². The standard InChI is InChI=1S/C27H21F3N6O2/c1-31-25(37)23-15-21(7-10-33-23)38-20-3-4-24-22(14-20)35-26(36(24)2)34-19-12-17(16-5-8-32-9-6-16)11-18(13-19)27(28,29)30/h3-15H,1-2H3,(H,31,37)(H,34,35). The first kappa shape index (κ1) is 24.8. The summed E-state index contributed by atoms with van der Waals surface area (Å²) >= 11 is 0. The number of fused-ring (bicyclic) bond motifs is 1. The second-order valence-corrected chi connectivity index (χ2v) is 8.36. The lowest BCUT2D eigenvalue weighted by Crippen LogP contribution is -2.18. The van der Waals surface area contributed by atoms with Crippen LogP contribution in [0.25, 0.3) is 22.2 Å². The van der Waals surface area contributed by atoms with Crippen LogP contribution in [0.1, 0.15) is 16.1 Å². The molecule has 0 saturated heterocycles. The van der Waals surface area contributed by atoms with E-state index >= 15 is 0 Å². The minimum atomic E-state index is -4.53. The van der Waals surface area contributed by atoms with Gasteiger partial charge in [0.05, 0.1) is 16.6 Å². The Kier molecular flexibility index (Phi) is 6.41. The summed E-state index contributed by atoms with van der Waals surface area (Å²) in [5.74, 6) is 0.895. The van der Waals surface area contributed by atoms with Gasteiger partial charge in [-0.15, -0.1) is 0 Å². The van der Waals surface area contributed by atoms with Gasteiger partial charge >= 0.3 is 6.18 Å². The van der Waals surface area contributed by atoms with E-state index in [1.165, 1.54) is 31.7 Å². The second-order valence-electron chi connectivity index (χ2n) is 8.36. The number of amides is 1. The van der Waals surface area contributed by atoms with Gasteiger partial charge in [0.25, 0.3) is 5.91 Å². The molecule has 192 valence electrons. The summed E-state index contributed by atoms with van der Waals surface area (Å²) in [6, 6.07) is 15.4. The molecule has 0 aliphatic carbocycles. The molecule has 0 fully saturated rings. The summed E-state index contributed by atoms with van der Waals surface area (Å²) in [4.78, 5) is 24.4. The fourth-order valence-electron chi connectivity index (χ4n) is 3.92. The van der Waals surface area contributed by atoms with Gasteiger partial charge in [0.1, 0.15) is 17.2 Å². The zero-order valence-electron chi connectivity index (χ0n) is 20.2. The Balaban J connectivity index is 1.46. The van der Waals surface area contributed by atoms with E-state index in [-0.39, 0.29) is 17.3 Å². The predicted molar refractivity (Wildman–Crippen MR) is 136 cm³/mol. The average Bonchev–Trinajstić information content (AvgIpc) is 3.22. The highest BCUT2D eigenvalue weighted by Crippen LogP contribution is 2.36. The summed E-state index contributed by atoms with van der Waals surface area (Å²) in [5, 5.41) is 5.53. The fraction of sp³-hybridized carbons (Fsp3) is 0.111. The molecule has 11 heteroatoms. The first-order valence-corrected chi connectivity index (χ1v) is 11.4. The van der Waals surface area contributed by atoms with Gasteiger partial charge in [0.15, 0.2) is 0 Å². The van der Waals surface area contributed by atoms with Gasteiger partial charge in [-0.05, 0) is 59.7 Å². The highest BCUT2D eigenvalue weighted by Gasteiger charge is 2.31. The number of anilines is 2. The molecule has 1 amide bonds. The zero-order chi connectivity index (χ0) is 26.9. The molecule has 0 aliphatic rings. The van der Waals surface area contributed by atoms with Gasteiger partial charge in [0, 0.05) is 50.5 Å². The lowest BCUT2D eigenvalue weighted by atomic mass is 10.0. The quantitative estimate of drug-likeness (QED) is 0.289. The van der Waals surface area contributed by atoms with E-state index in [9.17, 15) is 18.0 Å². The van der Waals surface area contributed by atoms with Crippen LogP contribution in [-0.2, 0) is 13.2 Å². The first-order valence-electron chi connectivity index (χ1n) is 11.4. The monoisotopic (exact) mass is 518 g/mol. The highest BCUT2D eigenvalue weighted by atomic mass is 19.4. The molecule has 5 aromatic rings. The third-order valence-corrected chi connectivity index (χ3v) is 5.81. The van der Waals surface area contributed by atoms with Gasteiger partial charge in [-0.25, -0.2) is 4.98 Å². The smallest absolute Gasteiger partial charge is 0.416 e. The number of imidazole rings is 1. The largest absolute Gasteiger partial charge is 0.457 e. The number of hydrogen-bond acceptors (Lipinski definition) is 6. The normalized spacial score (nSPS) is 11.4. The van der Waals surface area contributed by atoms with Gasteiger partial charge in [-0.3, -0.25) is 14.8 Å².